The van der Waals surface area contributed by atoms with Crippen molar-refractivity contribution in [3.8, 4) is 0 Å². The summed E-state index contributed by atoms with van der Waals surface area (Å²) in [5.41, 5.74) is 5.85. The van der Waals surface area contributed by atoms with Crippen molar-refractivity contribution < 1.29 is 12.8 Å². The molecule has 1 aromatic carbocycles. The molecule has 0 aliphatic heterocycles. The van der Waals surface area contributed by atoms with Gasteiger partial charge in [0.2, 0.25) is 10.0 Å². The van der Waals surface area contributed by atoms with Gasteiger partial charge in [-0.25, -0.2) is 17.5 Å². The number of nitrogen functional groups attached to an aromatic ring is 1. The molecule has 0 aromatic heterocycles. The molecule has 0 saturated carbocycles. The number of benzene rings is 1. The molecular weight excluding hydrogens is 207 g/mol. The van der Waals surface area contributed by atoms with E-state index < -0.39 is 20.7 Å². The molecule has 78 valence electrons. The Hall–Kier alpha value is -1.14. The third-order valence-corrected chi connectivity index (χ3v) is 3.22. The quantitative estimate of drug-likeness (QED) is 0.715. The van der Waals surface area contributed by atoms with Gasteiger partial charge in [-0.2, -0.15) is 0 Å². The first kappa shape index (κ1) is 10.9. The van der Waals surface area contributed by atoms with E-state index in [0.29, 0.717) is 0 Å². The van der Waals surface area contributed by atoms with Gasteiger partial charge in [0.15, 0.2) is 0 Å². The smallest absolute Gasteiger partial charge is 0.243 e. The Morgan fingerprint density at radius 1 is 1.43 bits per heavy atom. The Morgan fingerprint density at radius 2 is 2.00 bits per heavy atom. The van der Waals surface area contributed by atoms with Crippen LogP contribution in [0.4, 0.5) is 10.1 Å². The summed E-state index contributed by atoms with van der Waals surface area (Å²) in [7, 11) is -2.56. The van der Waals surface area contributed by atoms with Crippen LogP contribution in [0.5, 0.6) is 0 Å². The fourth-order valence-corrected chi connectivity index (χ4v) is 1.98. The summed E-state index contributed by atoms with van der Waals surface area (Å²) >= 11 is 0. The summed E-state index contributed by atoms with van der Waals surface area (Å²) in [5.74, 6) is -0.770. The molecule has 0 atom stereocenters. The van der Waals surface area contributed by atoms with E-state index in [2.05, 4.69) is 0 Å². The third kappa shape index (κ3) is 1.85. The van der Waals surface area contributed by atoms with Crippen LogP contribution < -0.4 is 10.5 Å². The van der Waals surface area contributed by atoms with Gasteiger partial charge in [0.1, 0.15) is 10.7 Å². The lowest BCUT2D eigenvalue weighted by molar-refractivity contribution is 0.557. The van der Waals surface area contributed by atoms with Gasteiger partial charge in [-0.3, -0.25) is 0 Å². The van der Waals surface area contributed by atoms with Crippen LogP contribution in [-0.4, -0.2) is 15.5 Å². The Balaban J connectivity index is 3.50. The highest BCUT2D eigenvalue weighted by atomic mass is 32.2. The van der Waals surface area contributed by atoms with Crippen molar-refractivity contribution in [2.24, 2.45) is 0 Å². The molecule has 0 aliphatic rings. The summed E-state index contributed by atoms with van der Waals surface area (Å²) in [5, 5.41) is 0. The number of rotatable bonds is 2. The monoisotopic (exact) mass is 218 g/mol. The van der Waals surface area contributed by atoms with Crippen molar-refractivity contribution in [1.29, 1.82) is 0 Å². The summed E-state index contributed by atoms with van der Waals surface area (Å²) in [6.45, 7) is 1.46. The van der Waals surface area contributed by atoms with Gasteiger partial charge < -0.3 is 5.73 Å². The predicted octanol–water partition coefficient (Wildman–Crippen LogP) is 0.624. The van der Waals surface area contributed by atoms with Crippen molar-refractivity contribution in [2.75, 3.05) is 12.8 Å². The van der Waals surface area contributed by atoms with Crippen LogP contribution >= 0.6 is 0 Å². The fraction of sp³-hybridized carbons (Fsp3) is 0.250. The molecule has 0 heterocycles. The fourth-order valence-electron chi connectivity index (χ4n) is 1.07. The van der Waals surface area contributed by atoms with Crippen LogP contribution in [0.1, 0.15) is 5.56 Å². The predicted molar refractivity (Wildman–Crippen MR) is 51.8 cm³/mol. The standard InChI is InChI=1S/C8H11FN2O2S/c1-5-3-6(10)4-7(8(5)9)14(12,13)11-2/h3-4,11H,10H2,1-2H3. The molecule has 0 fully saturated rings. The minimum atomic E-state index is -3.78. The van der Waals surface area contributed by atoms with Gasteiger partial charge in [-0.05, 0) is 31.7 Å². The van der Waals surface area contributed by atoms with Crippen LogP contribution in [0, 0.1) is 12.7 Å². The van der Waals surface area contributed by atoms with E-state index in [4.69, 9.17) is 5.73 Å². The van der Waals surface area contributed by atoms with Crippen molar-refractivity contribution >= 4 is 15.7 Å². The van der Waals surface area contributed by atoms with E-state index >= 15 is 0 Å². The second-order valence-electron chi connectivity index (χ2n) is 2.86. The lowest BCUT2D eigenvalue weighted by atomic mass is 10.2. The van der Waals surface area contributed by atoms with Crippen LogP contribution in [0.25, 0.3) is 0 Å². The summed E-state index contributed by atoms with van der Waals surface area (Å²) in [4.78, 5) is -0.419. The van der Waals surface area contributed by atoms with Gasteiger partial charge in [-0.15, -0.1) is 0 Å². The van der Waals surface area contributed by atoms with Crippen LogP contribution in [0.2, 0.25) is 0 Å². The van der Waals surface area contributed by atoms with E-state index in [9.17, 15) is 12.8 Å². The Morgan fingerprint density at radius 3 is 2.50 bits per heavy atom. The SMILES string of the molecule is CNS(=O)(=O)c1cc(N)cc(C)c1F. The van der Waals surface area contributed by atoms with E-state index in [1.54, 1.807) is 0 Å². The lowest BCUT2D eigenvalue weighted by Gasteiger charge is -2.07. The lowest BCUT2D eigenvalue weighted by Crippen LogP contribution is -2.20. The highest BCUT2D eigenvalue weighted by Gasteiger charge is 2.18. The number of halogens is 1. The largest absolute Gasteiger partial charge is 0.399 e. The maximum atomic E-state index is 13.4. The van der Waals surface area contributed by atoms with Gasteiger partial charge in [0, 0.05) is 5.69 Å². The van der Waals surface area contributed by atoms with E-state index in [0.717, 1.165) is 6.07 Å². The highest BCUT2D eigenvalue weighted by molar-refractivity contribution is 7.89. The Bertz CT molecular complexity index is 457. The first-order chi connectivity index (χ1) is 6.38. The van der Waals surface area contributed by atoms with Gasteiger partial charge in [0.05, 0.1) is 0 Å². The average Bonchev–Trinajstić information content (AvgIpc) is 2.11. The Labute approximate surface area is 82.0 Å². The third-order valence-electron chi connectivity index (χ3n) is 1.80. The van der Waals surface area contributed by atoms with E-state index in [1.165, 1.54) is 20.0 Å². The molecule has 0 amide bonds. The molecule has 6 heteroatoms. The first-order valence-electron chi connectivity index (χ1n) is 3.87. The maximum absolute atomic E-state index is 13.4. The van der Waals surface area contributed by atoms with Crippen molar-refractivity contribution in [1.82, 2.24) is 4.72 Å². The molecular formula is C8H11FN2O2S. The number of nitrogens with one attached hydrogen (secondary N) is 1. The highest BCUT2D eigenvalue weighted by Crippen LogP contribution is 2.20. The zero-order valence-corrected chi connectivity index (χ0v) is 8.65. The average molecular weight is 218 g/mol. The molecule has 0 radical (unpaired) electrons. The molecule has 0 bridgehead atoms. The minimum Gasteiger partial charge on any atom is -0.399 e. The van der Waals surface area contributed by atoms with Gasteiger partial charge in [0.25, 0.3) is 0 Å². The normalized spacial score (nSPS) is 11.6. The van der Waals surface area contributed by atoms with Crippen molar-refractivity contribution in [3.63, 3.8) is 0 Å². The van der Waals surface area contributed by atoms with Crippen LogP contribution in [0.3, 0.4) is 0 Å². The number of anilines is 1. The molecule has 1 aromatic rings. The summed E-state index contributed by atoms with van der Waals surface area (Å²) < 4.78 is 38.1. The molecule has 3 N–H and O–H groups in total. The number of hydrogen-bond acceptors (Lipinski definition) is 3. The second-order valence-corrected chi connectivity index (χ2v) is 4.71. The molecule has 14 heavy (non-hydrogen) atoms. The molecule has 0 saturated heterocycles. The molecule has 0 spiro atoms. The topological polar surface area (TPSA) is 72.2 Å². The summed E-state index contributed by atoms with van der Waals surface area (Å²) in [6.07, 6.45) is 0. The van der Waals surface area contributed by atoms with Crippen molar-refractivity contribution in [2.45, 2.75) is 11.8 Å². The van der Waals surface area contributed by atoms with Crippen molar-refractivity contribution in [3.05, 3.63) is 23.5 Å². The molecule has 4 nitrogen and oxygen atoms in total. The first-order valence-corrected chi connectivity index (χ1v) is 5.36. The second kappa shape index (κ2) is 3.55. The maximum Gasteiger partial charge on any atom is 0.243 e. The number of nitrogens with two attached hydrogens (primary N) is 1. The van der Waals surface area contributed by atoms with Crippen LogP contribution in [0.15, 0.2) is 17.0 Å². The van der Waals surface area contributed by atoms with E-state index in [1.807, 2.05) is 4.72 Å². The van der Waals surface area contributed by atoms with Gasteiger partial charge >= 0.3 is 0 Å². The molecule has 0 unspecified atom stereocenters. The molecule has 0 aliphatic carbocycles. The number of hydrogen-bond donors (Lipinski definition) is 2. The van der Waals surface area contributed by atoms with Gasteiger partial charge in [-0.1, -0.05) is 0 Å². The number of aryl methyl sites for hydroxylation is 1. The zero-order chi connectivity index (χ0) is 10.9. The molecule has 1 rings (SSSR count). The minimum absolute atomic E-state index is 0.207. The Kier molecular flexibility index (Phi) is 2.77. The van der Waals surface area contributed by atoms with Crippen LogP contribution in [-0.2, 0) is 10.0 Å². The zero-order valence-electron chi connectivity index (χ0n) is 7.83. The number of sulfonamides is 1. The van der Waals surface area contributed by atoms with E-state index in [-0.39, 0.29) is 11.3 Å². The summed E-state index contributed by atoms with van der Waals surface area (Å²) in [6, 6.07) is 2.47.